The highest BCUT2D eigenvalue weighted by Crippen LogP contribution is 2.60. The first-order chi connectivity index (χ1) is 10.8. The number of halogens is 2. The van der Waals surface area contributed by atoms with Gasteiger partial charge < -0.3 is 10.2 Å². The van der Waals surface area contributed by atoms with E-state index < -0.39 is 48.1 Å². The van der Waals surface area contributed by atoms with Crippen LogP contribution in [0, 0.1) is 23.7 Å². The number of rotatable bonds is 5. The molecule has 0 spiro atoms. The quantitative estimate of drug-likeness (QED) is 0.476. The van der Waals surface area contributed by atoms with Gasteiger partial charge in [-0.15, -0.1) is 0 Å². The second-order valence-electron chi connectivity index (χ2n) is 6.34. The minimum Gasteiger partial charge on any atom is -0.481 e. The molecule has 3 fully saturated rings. The van der Waals surface area contributed by atoms with Crippen molar-refractivity contribution in [2.24, 2.45) is 23.7 Å². The molecule has 7 atom stereocenters. The first kappa shape index (κ1) is 16.9. The summed E-state index contributed by atoms with van der Waals surface area (Å²) in [6.07, 6.45) is 0.0874. The molecule has 1 aliphatic heterocycles. The molecule has 0 radical (unpaired) electrons. The van der Waals surface area contributed by atoms with Crippen LogP contribution in [0.2, 0.25) is 0 Å². The summed E-state index contributed by atoms with van der Waals surface area (Å²) < 4.78 is 0. The highest BCUT2D eigenvalue weighted by molar-refractivity contribution is 9.12. The molecule has 2 saturated carbocycles. The Morgan fingerprint density at radius 2 is 1.57 bits per heavy atom. The molecular weight excluding hydrogens is 438 g/mol. The molecule has 23 heavy (non-hydrogen) atoms. The summed E-state index contributed by atoms with van der Waals surface area (Å²) in [6, 6.07) is -1.40. The van der Waals surface area contributed by atoms with Crippen LogP contribution in [0.1, 0.15) is 19.3 Å². The fraction of sp³-hybridized carbons (Fsp3) is 0.714. The average Bonchev–Trinajstić information content (AvgIpc) is 3.06. The maximum Gasteiger partial charge on any atom is 0.326 e. The minimum absolute atomic E-state index is 0.00439. The highest BCUT2D eigenvalue weighted by atomic mass is 79.9. The number of carbonyl (C=O) groups excluding carboxylic acids is 2. The van der Waals surface area contributed by atoms with Crippen molar-refractivity contribution in [2.75, 3.05) is 0 Å². The number of carboxylic acids is 2. The van der Waals surface area contributed by atoms with E-state index in [4.69, 9.17) is 5.11 Å². The highest BCUT2D eigenvalue weighted by Gasteiger charge is 2.67. The first-order valence-corrected chi connectivity index (χ1v) is 9.18. The molecule has 7 nitrogen and oxygen atoms in total. The Morgan fingerprint density at radius 1 is 1.09 bits per heavy atom. The van der Waals surface area contributed by atoms with E-state index in [-0.39, 0.29) is 27.9 Å². The Labute approximate surface area is 148 Å². The van der Waals surface area contributed by atoms with Crippen LogP contribution in [-0.2, 0) is 19.2 Å². The molecule has 1 heterocycles. The predicted octanol–water partition coefficient (Wildman–Crippen LogP) is 1.08. The number of likely N-dealkylation sites (tertiary alicyclic amines) is 1. The van der Waals surface area contributed by atoms with Crippen LogP contribution in [0.5, 0.6) is 0 Å². The summed E-state index contributed by atoms with van der Waals surface area (Å²) in [7, 11) is 0. The Kier molecular flexibility index (Phi) is 4.29. The van der Waals surface area contributed by atoms with Crippen molar-refractivity contribution in [3.05, 3.63) is 0 Å². The molecule has 0 aromatic heterocycles. The molecule has 0 aromatic carbocycles. The molecule has 9 heteroatoms. The number of nitrogens with zero attached hydrogens (tertiary/aromatic N) is 1. The van der Waals surface area contributed by atoms with Gasteiger partial charge in [-0.3, -0.25) is 19.3 Å². The van der Waals surface area contributed by atoms with Gasteiger partial charge in [-0.1, -0.05) is 31.9 Å². The number of carbonyl (C=O) groups is 4. The van der Waals surface area contributed by atoms with Crippen LogP contribution in [-0.4, -0.2) is 54.6 Å². The van der Waals surface area contributed by atoms with E-state index in [1.165, 1.54) is 0 Å². The summed E-state index contributed by atoms with van der Waals surface area (Å²) in [6.45, 7) is 0. The van der Waals surface area contributed by atoms with Gasteiger partial charge in [0.15, 0.2) is 0 Å². The van der Waals surface area contributed by atoms with Crippen molar-refractivity contribution in [2.45, 2.75) is 35.0 Å². The maximum atomic E-state index is 12.7. The van der Waals surface area contributed by atoms with Crippen LogP contribution in [0.4, 0.5) is 0 Å². The van der Waals surface area contributed by atoms with Crippen LogP contribution >= 0.6 is 31.9 Å². The lowest BCUT2D eigenvalue weighted by atomic mass is 9.81. The van der Waals surface area contributed by atoms with E-state index in [2.05, 4.69) is 31.9 Å². The number of alkyl halides is 2. The zero-order chi connectivity index (χ0) is 17.0. The van der Waals surface area contributed by atoms with Crippen molar-refractivity contribution < 1.29 is 29.4 Å². The molecular formula is C14H15Br2NO6. The molecule has 2 bridgehead atoms. The number of fused-ring (bicyclic) bond motifs is 5. The number of hydrogen-bond acceptors (Lipinski definition) is 4. The monoisotopic (exact) mass is 451 g/mol. The number of carboxylic acid groups (broad SMARTS) is 2. The zero-order valence-electron chi connectivity index (χ0n) is 11.9. The lowest BCUT2D eigenvalue weighted by molar-refractivity contribution is -0.156. The van der Waals surface area contributed by atoms with Crippen LogP contribution in [0.3, 0.4) is 0 Å². The molecule has 0 aromatic rings. The van der Waals surface area contributed by atoms with Crippen molar-refractivity contribution in [1.29, 1.82) is 0 Å². The van der Waals surface area contributed by atoms with Gasteiger partial charge in [-0.25, -0.2) is 4.79 Å². The van der Waals surface area contributed by atoms with E-state index >= 15 is 0 Å². The van der Waals surface area contributed by atoms with Crippen LogP contribution < -0.4 is 0 Å². The molecule has 1 saturated heterocycles. The van der Waals surface area contributed by atoms with Gasteiger partial charge in [0.1, 0.15) is 6.04 Å². The van der Waals surface area contributed by atoms with E-state index in [0.29, 0.717) is 0 Å². The average molecular weight is 453 g/mol. The number of aliphatic carboxylic acids is 2. The standard InChI is InChI=1S/C14H15Br2NO6/c15-10-4-3-5(11(10)16)9-8(4)12(20)17(13(9)21)6(14(22)23)1-2-7(18)19/h4-6,8-11H,1-3H2,(H,18,19)(H,22,23)/t4-,5+,6-,8-,9-,10+,11-/m1/s1. The summed E-state index contributed by atoms with van der Waals surface area (Å²) >= 11 is 7.11. The molecule has 126 valence electrons. The second kappa shape index (κ2) is 5.84. The normalized spacial score (nSPS) is 39.7. The van der Waals surface area contributed by atoms with Gasteiger partial charge in [-0.2, -0.15) is 0 Å². The fourth-order valence-corrected chi connectivity index (χ4v) is 6.18. The summed E-state index contributed by atoms with van der Waals surface area (Å²) in [5.41, 5.74) is 0. The van der Waals surface area contributed by atoms with E-state index in [1.54, 1.807) is 0 Å². The SMILES string of the molecule is O=C(O)CC[C@H](C(=O)O)N1C(=O)[C@@H]2[C@@H]3C[C@@H]([C@H](Br)[C@@H]3Br)[C@H]2C1=O. The topological polar surface area (TPSA) is 112 Å². The van der Waals surface area contributed by atoms with E-state index in [9.17, 15) is 24.3 Å². The van der Waals surface area contributed by atoms with Gasteiger partial charge >= 0.3 is 11.9 Å². The first-order valence-electron chi connectivity index (χ1n) is 7.35. The Bertz CT molecular complexity index is 564. The summed E-state index contributed by atoms with van der Waals surface area (Å²) in [5.74, 6) is -4.39. The second-order valence-corrected chi connectivity index (χ2v) is 8.45. The van der Waals surface area contributed by atoms with Gasteiger partial charge in [0.2, 0.25) is 11.8 Å². The van der Waals surface area contributed by atoms with Gasteiger partial charge in [0, 0.05) is 16.1 Å². The van der Waals surface area contributed by atoms with Crippen molar-refractivity contribution in [3.63, 3.8) is 0 Å². The maximum absolute atomic E-state index is 12.7. The lowest BCUT2D eigenvalue weighted by Gasteiger charge is -2.28. The molecule has 3 aliphatic rings. The number of imide groups is 1. The van der Waals surface area contributed by atoms with Gasteiger partial charge in [-0.05, 0) is 24.7 Å². The van der Waals surface area contributed by atoms with Crippen LogP contribution in [0.15, 0.2) is 0 Å². The largest absolute Gasteiger partial charge is 0.481 e. The van der Waals surface area contributed by atoms with Gasteiger partial charge in [0.25, 0.3) is 0 Å². The third-order valence-electron chi connectivity index (χ3n) is 5.25. The Morgan fingerprint density at radius 3 is 1.96 bits per heavy atom. The van der Waals surface area contributed by atoms with Crippen molar-refractivity contribution in [3.8, 4) is 0 Å². The third kappa shape index (κ3) is 2.43. The van der Waals surface area contributed by atoms with E-state index in [1.807, 2.05) is 0 Å². The van der Waals surface area contributed by atoms with Gasteiger partial charge in [0.05, 0.1) is 11.8 Å². The molecule has 3 rings (SSSR count). The van der Waals surface area contributed by atoms with Crippen LogP contribution in [0.25, 0.3) is 0 Å². The fourth-order valence-electron chi connectivity index (χ4n) is 4.30. The Balaban J connectivity index is 1.87. The number of hydrogen-bond donors (Lipinski definition) is 2. The lowest BCUT2D eigenvalue weighted by Crippen LogP contribution is -2.46. The molecule has 0 unspecified atom stereocenters. The molecule has 2 aliphatic carbocycles. The number of amides is 2. The summed E-state index contributed by atoms with van der Waals surface area (Å²) in [5, 5.41) is 18.1. The minimum atomic E-state index is -1.40. The predicted molar refractivity (Wildman–Crippen MR) is 84.2 cm³/mol. The molecule has 2 amide bonds. The van der Waals surface area contributed by atoms with Crippen molar-refractivity contribution >= 4 is 55.6 Å². The third-order valence-corrected chi connectivity index (χ3v) is 8.46. The smallest absolute Gasteiger partial charge is 0.326 e. The van der Waals surface area contributed by atoms with Crippen molar-refractivity contribution in [1.82, 2.24) is 4.90 Å². The van der Waals surface area contributed by atoms with E-state index in [0.717, 1.165) is 11.3 Å². The zero-order valence-corrected chi connectivity index (χ0v) is 15.1. The molecule has 2 N–H and O–H groups in total. The Hall–Kier alpha value is -0.960. The summed E-state index contributed by atoms with van der Waals surface area (Å²) in [4.78, 5) is 48.5.